The number of carbonyl (C=O) groups excluding carboxylic acids is 3. The van der Waals surface area contributed by atoms with E-state index in [1.807, 2.05) is 13.8 Å². The number of carbonyl (C=O) groups is 3. The lowest BCUT2D eigenvalue weighted by atomic mass is 10.0. The molecule has 3 N–H and O–H groups in total. The molecule has 0 spiro atoms. The highest BCUT2D eigenvalue weighted by Crippen LogP contribution is 2.18. The highest BCUT2D eigenvalue weighted by atomic mass is 16.5. The van der Waals surface area contributed by atoms with Gasteiger partial charge < -0.3 is 20.7 Å². The minimum absolute atomic E-state index is 0.135. The van der Waals surface area contributed by atoms with E-state index < -0.39 is 6.04 Å². The number of nitrogens with one attached hydrogen (secondary N) is 3. The van der Waals surface area contributed by atoms with Crippen LogP contribution in [-0.2, 0) is 4.79 Å². The van der Waals surface area contributed by atoms with E-state index in [0.29, 0.717) is 22.6 Å². The van der Waals surface area contributed by atoms with Crippen molar-refractivity contribution in [2.24, 2.45) is 5.92 Å². The maximum Gasteiger partial charge on any atom is 0.255 e. The first kappa shape index (κ1) is 21.0. The minimum Gasteiger partial charge on any atom is -0.496 e. The van der Waals surface area contributed by atoms with Gasteiger partial charge in [-0.1, -0.05) is 26.0 Å². The van der Waals surface area contributed by atoms with Gasteiger partial charge in [-0.15, -0.1) is 0 Å². The Morgan fingerprint density at radius 3 is 2.14 bits per heavy atom. The van der Waals surface area contributed by atoms with E-state index in [0.717, 1.165) is 0 Å². The third-order valence-corrected chi connectivity index (χ3v) is 4.23. The van der Waals surface area contributed by atoms with Gasteiger partial charge in [0.25, 0.3) is 11.8 Å². The number of hydrogen-bond acceptors (Lipinski definition) is 4. The molecule has 0 saturated heterocycles. The molecular formula is C21H25N3O4. The molecule has 7 heteroatoms. The minimum atomic E-state index is -0.740. The fourth-order valence-corrected chi connectivity index (χ4v) is 2.66. The van der Waals surface area contributed by atoms with Crippen LogP contribution in [0.15, 0.2) is 48.5 Å². The molecule has 0 aliphatic heterocycles. The van der Waals surface area contributed by atoms with Crippen molar-refractivity contribution in [3.05, 3.63) is 59.7 Å². The van der Waals surface area contributed by atoms with Gasteiger partial charge in [0.15, 0.2) is 0 Å². The predicted octanol–water partition coefficient (Wildman–Crippen LogP) is 2.45. The zero-order chi connectivity index (χ0) is 20.7. The molecular weight excluding hydrogens is 358 g/mol. The van der Waals surface area contributed by atoms with Crippen molar-refractivity contribution in [1.29, 1.82) is 0 Å². The number of benzene rings is 2. The van der Waals surface area contributed by atoms with Crippen LogP contribution in [0.25, 0.3) is 0 Å². The normalized spacial score (nSPS) is 11.5. The molecule has 28 heavy (non-hydrogen) atoms. The molecule has 2 aromatic rings. The van der Waals surface area contributed by atoms with Crippen molar-refractivity contribution in [3.8, 4) is 5.75 Å². The monoisotopic (exact) mass is 383 g/mol. The first-order chi connectivity index (χ1) is 13.4. The van der Waals surface area contributed by atoms with E-state index in [9.17, 15) is 14.4 Å². The molecule has 1 atom stereocenters. The molecule has 0 aliphatic carbocycles. The molecule has 0 aromatic heterocycles. The highest BCUT2D eigenvalue weighted by Gasteiger charge is 2.26. The standard InChI is InChI=1S/C21H25N3O4/c1-13(2)18(24-20(26)16-7-5-6-8-17(16)28-4)21(27)23-15-11-9-14(10-12-15)19(25)22-3/h5-13,18H,1-4H3,(H,22,25)(H,23,27)(H,24,26)/t18-/m0/s1. The van der Waals surface area contributed by atoms with Crippen LogP contribution in [0.5, 0.6) is 5.75 Å². The lowest BCUT2D eigenvalue weighted by molar-refractivity contribution is -0.118. The van der Waals surface area contributed by atoms with Gasteiger partial charge in [0.05, 0.1) is 12.7 Å². The van der Waals surface area contributed by atoms with Crippen molar-refractivity contribution < 1.29 is 19.1 Å². The van der Waals surface area contributed by atoms with Crippen molar-refractivity contribution in [3.63, 3.8) is 0 Å². The topological polar surface area (TPSA) is 96.5 Å². The zero-order valence-corrected chi connectivity index (χ0v) is 16.4. The maximum atomic E-state index is 12.7. The Morgan fingerprint density at radius 2 is 1.57 bits per heavy atom. The molecule has 0 heterocycles. The van der Waals surface area contributed by atoms with Crippen LogP contribution in [0, 0.1) is 5.92 Å². The lowest BCUT2D eigenvalue weighted by Gasteiger charge is -2.22. The van der Waals surface area contributed by atoms with E-state index in [1.165, 1.54) is 7.11 Å². The Kier molecular flexibility index (Phi) is 7.14. The molecule has 3 amide bonds. The second-order valence-electron chi connectivity index (χ2n) is 6.54. The molecule has 0 saturated carbocycles. The molecule has 0 unspecified atom stereocenters. The molecule has 7 nitrogen and oxygen atoms in total. The van der Waals surface area contributed by atoms with Crippen LogP contribution in [0.1, 0.15) is 34.6 Å². The Balaban J connectivity index is 2.11. The van der Waals surface area contributed by atoms with Gasteiger partial charge in [-0.2, -0.15) is 0 Å². The quantitative estimate of drug-likeness (QED) is 0.684. The molecule has 0 fully saturated rings. The largest absolute Gasteiger partial charge is 0.496 e. The van der Waals surface area contributed by atoms with Crippen molar-refractivity contribution in [1.82, 2.24) is 10.6 Å². The van der Waals surface area contributed by atoms with Gasteiger partial charge in [-0.25, -0.2) is 0 Å². The zero-order valence-electron chi connectivity index (χ0n) is 16.4. The molecule has 0 aliphatic rings. The average molecular weight is 383 g/mol. The van der Waals surface area contributed by atoms with Crippen LogP contribution in [-0.4, -0.2) is 37.9 Å². The lowest BCUT2D eigenvalue weighted by Crippen LogP contribution is -2.47. The molecule has 2 rings (SSSR count). The van der Waals surface area contributed by atoms with Gasteiger partial charge in [-0.3, -0.25) is 14.4 Å². The fraction of sp³-hybridized carbons (Fsp3) is 0.286. The first-order valence-corrected chi connectivity index (χ1v) is 8.94. The highest BCUT2D eigenvalue weighted by molar-refractivity contribution is 6.02. The summed E-state index contributed by atoms with van der Waals surface area (Å²) in [5.41, 5.74) is 1.39. The van der Waals surface area contributed by atoms with E-state index in [1.54, 1.807) is 55.6 Å². The van der Waals surface area contributed by atoms with Gasteiger partial charge in [-0.05, 0) is 42.3 Å². The Labute approximate surface area is 164 Å². The average Bonchev–Trinajstić information content (AvgIpc) is 2.71. The Morgan fingerprint density at radius 1 is 0.929 bits per heavy atom. The summed E-state index contributed by atoms with van der Waals surface area (Å²) in [6.07, 6.45) is 0. The second kappa shape index (κ2) is 9.55. The van der Waals surface area contributed by atoms with Crippen molar-refractivity contribution >= 4 is 23.4 Å². The molecule has 0 bridgehead atoms. The van der Waals surface area contributed by atoms with Crippen molar-refractivity contribution in [2.75, 3.05) is 19.5 Å². The van der Waals surface area contributed by atoms with Gasteiger partial charge >= 0.3 is 0 Å². The number of methoxy groups -OCH3 is 1. The number of hydrogen-bond donors (Lipinski definition) is 3. The smallest absolute Gasteiger partial charge is 0.255 e. The first-order valence-electron chi connectivity index (χ1n) is 8.94. The Hall–Kier alpha value is -3.35. The Bertz CT molecular complexity index is 847. The van der Waals surface area contributed by atoms with Crippen LogP contribution >= 0.6 is 0 Å². The third kappa shape index (κ3) is 5.09. The number of para-hydroxylation sites is 1. The molecule has 0 radical (unpaired) electrons. The van der Waals surface area contributed by atoms with Gasteiger partial charge in [0.1, 0.15) is 11.8 Å². The molecule has 2 aromatic carbocycles. The predicted molar refractivity (Wildman–Crippen MR) is 108 cm³/mol. The van der Waals surface area contributed by atoms with Crippen molar-refractivity contribution in [2.45, 2.75) is 19.9 Å². The fourth-order valence-electron chi connectivity index (χ4n) is 2.66. The van der Waals surface area contributed by atoms with E-state index in [-0.39, 0.29) is 23.6 Å². The number of ether oxygens (including phenoxy) is 1. The van der Waals surface area contributed by atoms with Crippen LogP contribution in [0.3, 0.4) is 0 Å². The van der Waals surface area contributed by atoms with Crippen LogP contribution in [0.2, 0.25) is 0 Å². The van der Waals surface area contributed by atoms with Gasteiger partial charge in [0.2, 0.25) is 5.91 Å². The summed E-state index contributed by atoms with van der Waals surface area (Å²) in [6.45, 7) is 3.70. The summed E-state index contributed by atoms with van der Waals surface area (Å²) < 4.78 is 5.21. The third-order valence-electron chi connectivity index (χ3n) is 4.23. The van der Waals surface area contributed by atoms with E-state index in [4.69, 9.17) is 4.74 Å². The summed E-state index contributed by atoms with van der Waals surface area (Å²) in [6, 6.07) is 12.6. The maximum absolute atomic E-state index is 12.7. The summed E-state index contributed by atoms with van der Waals surface area (Å²) in [5, 5.41) is 8.08. The van der Waals surface area contributed by atoms with E-state index in [2.05, 4.69) is 16.0 Å². The number of rotatable bonds is 7. The number of anilines is 1. The summed E-state index contributed by atoms with van der Waals surface area (Å²) >= 11 is 0. The SMILES string of the molecule is CNC(=O)c1ccc(NC(=O)[C@@H](NC(=O)c2ccccc2OC)C(C)C)cc1. The van der Waals surface area contributed by atoms with E-state index >= 15 is 0 Å². The van der Waals surface area contributed by atoms with Gasteiger partial charge in [0, 0.05) is 18.3 Å². The second-order valence-corrected chi connectivity index (χ2v) is 6.54. The summed E-state index contributed by atoms with van der Waals surface area (Å²) in [5.74, 6) is -0.634. The number of amides is 3. The summed E-state index contributed by atoms with van der Waals surface area (Å²) in [7, 11) is 3.04. The molecule has 148 valence electrons. The summed E-state index contributed by atoms with van der Waals surface area (Å²) in [4.78, 5) is 36.9. The van der Waals surface area contributed by atoms with Crippen LogP contribution in [0.4, 0.5) is 5.69 Å². The van der Waals surface area contributed by atoms with Crippen LogP contribution < -0.4 is 20.7 Å².